The first-order valence-electron chi connectivity index (χ1n) is 4.89. The van der Waals surface area contributed by atoms with Crippen LogP contribution in [0.3, 0.4) is 0 Å². The maximum atomic E-state index is 12.3. The molecule has 1 amide bonds. The monoisotopic (exact) mass is 316 g/mol. The van der Waals surface area contributed by atoms with Crippen molar-refractivity contribution in [1.82, 2.24) is 9.88 Å². The summed E-state index contributed by atoms with van der Waals surface area (Å²) < 4.78 is 72.9. The number of carbonyl (C=O) groups is 1. The molecule has 0 aliphatic rings. The van der Waals surface area contributed by atoms with Gasteiger partial charge in [0.2, 0.25) is 0 Å². The van der Waals surface area contributed by atoms with Crippen molar-refractivity contribution in [2.75, 3.05) is 13.6 Å². The van der Waals surface area contributed by atoms with Crippen LogP contribution in [0.25, 0.3) is 0 Å². The summed E-state index contributed by atoms with van der Waals surface area (Å²) in [7, 11) is -4.42. The molecule has 0 saturated carbocycles. The second-order valence-electron chi connectivity index (χ2n) is 3.66. The highest BCUT2D eigenvalue weighted by atomic mass is 32.3. The van der Waals surface area contributed by atoms with Crippen LogP contribution in [0.5, 0.6) is 5.75 Å². The van der Waals surface area contributed by atoms with Crippen molar-refractivity contribution in [3.8, 4) is 5.75 Å². The molecule has 0 aliphatic carbocycles. The van der Waals surface area contributed by atoms with Gasteiger partial charge in [-0.05, 0) is 6.07 Å². The van der Waals surface area contributed by atoms with Gasteiger partial charge in [0.05, 0.1) is 11.8 Å². The highest BCUT2D eigenvalue weighted by molar-refractivity contribution is 7.81. The van der Waals surface area contributed by atoms with Crippen LogP contribution in [-0.2, 0) is 10.5 Å². The molecular formula is C9H8F4N2O4S. The summed E-state index contributed by atoms with van der Waals surface area (Å²) in [6.45, 7) is -1.50. The molecule has 0 atom stereocenters. The maximum Gasteiger partial charge on any atom is 0.488 e. The first-order chi connectivity index (χ1) is 8.98. The van der Waals surface area contributed by atoms with Crippen LogP contribution in [0.15, 0.2) is 18.5 Å². The number of hydrogen-bond acceptors (Lipinski definition) is 5. The summed E-state index contributed by atoms with van der Waals surface area (Å²) in [5.74, 6) is -1.70. The summed E-state index contributed by atoms with van der Waals surface area (Å²) in [5.41, 5.74) is -0.377. The number of nitrogens with zero attached hydrogens (tertiary/aromatic N) is 2. The standard InChI is InChI=1S/C9H8F4N2O4S/c1-15(5-9(10,11)12)8(16)6-2-7(4-14-3-6)19-20(13,17)18/h2-4H,5H2,1H3. The Kier molecular flexibility index (Phi) is 4.53. The third-order valence-corrected chi connectivity index (χ3v) is 2.31. The van der Waals surface area contributed by atoms with Crippen LogP contribution in [0.2, 0.25) is 0 Å². The van der Waals surface area contributed by atoms with Crippen molar-refractivity contribution < 1.29 is 34.5 Å². The molecule has 0 fully saturated rings. The van der Waals surface area contributed by atoms with E-state index in [1.807, 2.05) is 0 Å². The van der Waals surface area contributed by atoms with Crippen LogP contribution < -0.4 is 4.18 Å². The van der Waals surface area contributed by atoms with Gasteiger partial charge in [-0.15, -0.1) is 0 Å². The molecule has 0 N–H and O–H groups in total. The van der Waals surface area contributed by atoms with Crippen molar-refractivity contribution in [1.29, 1.82) is 0 Å². The SMILES string of the molecule is CN(CC(F)(F)F)C(=O)c1cncc(OS(=O)(=O)F)c1. The number of alkyl halides is 3. The normalized spacial score (nSPS) is 12.1. The second kappa shape index (κ2) is 5.61. The molecule has 0 radical (unpaired) electrons. The van der Waals surface area contributed by atoms with E-state index in [9.17, 15) is 30.3 Å². The molecule has 1 aromatic heterocycles. The Morgan fingerprint density at radius 3 is 2.50 bits per heavy atom. The maximum absolute atomic E-state index is 12.3. The Morgan fingerprint density at radius 1 is 1.40 bits per heavy atom. The van der Waals surface area contributed by atoms with E-state index in [0.29, 0.717) is 4.90 Å². The van der Waals surface area contributed by atoms with Crippen molar-refractivity contribution in [3.63, 3.8) is 0 Å². The topological polar surface area (TPSA) is 76.6 Å². The van der Waals surface area contributed by atoms with Gasteiger partial charge in [0.1, 0.15) is 6.54 Å². The first kappa shape index (κ1) is 16.1. The predicted molar refractivity (Wildman–Crippen MR) is 57.9 cm³/mol. The van der Waals surface area contributed by atoms with Gasteiger partial charge < -0.3 is 9.08 Å². The molecule has 1 heterocycles. The molecular weight excluding hydrogens is 308 g/mol. The fourth-order valence-corrected chi connectivity index (χ4v) is 1.58. The van der Waals surface area contributed by atoms with E-state index >= 15 is 0 Å². The molecule has 0 spiro atoms. The van der Waals surface area contributed by atoms with Gasteiger partial charge in [-0.1, -0.05) is 3.89 Å². The Morgan fingerprint density at radius 2 is 2.00 bits per heavy atom. The first-order valence-corrected chi connectivity index (χ1v) is 6.20. The van der Waals surface area contributed by atoms with Crippen molar-refractivity contribution in [3.05, 3.63) is 24.0 Å². The van der Waals surface area contributed by atoms with E-state index in [4.69, 9.17) is 0 Å². The van der Waals surface area contributed by atoms with E-state index in [-0.39, 0.29) is 5.56 Å². The number of aromatic nitrogens is 1. The highest BCUT2D eigenvalue weighted by Crippen LogP contribution is 2.19. The second-order valence-corrected chi connectivity index (χ2v) is 4.62. The molecule has 112 valence electrons. The van der Waals surface area contributed by atoms with Crippen LogP contribution in [0.1, 0.15) is 10.4 Å². The smallest absolute Gasteiger partial charge is 0.357 e. The zero-order valence-corrected chi connectivity index (χ0v) is 10.7. The minimum Gasteiger partial charge on any atom is -0.357 e. The van der Waals surface area contributed by atoms with Crippen LogP contribution in [-0.4, -0.2) is 44.0 Å². The van der Waals surface area contributed by atoms with Gasteiger partial charge in [0.15, 0.2) is 5.75 Å². The third kappa shape index (κ3) is 5.38. The molecule has 0 aliphatic heterocycles. The lowest BCUT2D eigenvalue weighted by Crippen LogP contribution is -2.35. The van der Waals surface area contributed by atoms with E-state index in [1.54, 1.807) is 0 Å². The summed E-state index contributed by atoms with van der Waals surface area (Å²) in [4.78, 5) is 15.4. The van der Waals surface area contributed by atoms with E-state index in [0.717, 1.165) is 25.5 Å². The van der Waals surface area contributed by atoms with Gasteiger partial charge in [-0.25, -0.2) is 0 Å². The zero-order chi connectivity index (χ0) is 15.6. The number of carbonyl (C=O) groups excluding carboxylic acids is 1. The Labute approximate surface area is 111 Å². The number of pyridine rings is 1. The molecule has 0 bridgehead atoms. The van der Waals surface area contributed by atoms with Crippen LogP contribution in [0, 0.1) is 0 Å². The van der Waals surface area contributed by atoms with Gasteiger partial charge in [0, 0.05) is 13.2 Å². The van der Waals surface area contributed by atoms with Crippen LogP contribution in [0.4, 0.5) is 17.1 Å². The molecule has 11 heteroatoms. The molecule has 1 rings (SSSR count). The molecule has 0 aromatic carbocycles. The predicted octanol–water partition coefficient (Wildman–Crippen LogP) is 1.31. The Balaban J connectivity index is 2.92. The average Bonchev–Trinajstić information content (AvgIpc) is 2.23. The molecule has 0 unspecified atom stereocenters. The van der Waals surface area contributed by atoms with Gasteiger partial charge in [0.25, 0.3) is 5.91 Å². The highest BCUT2D eigenvalue weighted by Gasteiger charge is 2.31. The number of hydrogen-bond donors (Lipinski definition) is 0. The lowest BCUT2D eigenvalue weighted by atomic mass is 10.2. The van der Waals surface area contributed by atoms with Crippen molar-refractivity contribution >= 4 is 16.4 Å². The summed E-state index contributed by atoms with van der Waals surface area (Å²) in [6.07, 6.45) is -2.90. The average molecular weight is 316 g/mol. The molecule has 6 nitrogen and oxygen atoms in total. The number of amides is 1. The Hall–Kier alpha value is -1.91. The van der Waals surface area contributed by atoms with Crippen LogP contribution >= 0.6 is 0 Å². The number of rotatable bonds is 4. The largest absolute Gasteiger partial charge is 0.488 e. The third-order valence-electron chi connectivity index (χ3n) is 1.92. The zero-order valence-electron chi connectivity index (χ0n) is 9.89. The lowest BCUT2D eigenvalue weighted by molar-refractivity contribution is -0.138. The van der Waals surface area contributed by atoms with E-state index < -0.39 is 34.9 Å². The lowest BCUT2D eigenvalue weighted by Gasteiger charge is -2.18. The van der Waals surface area contributed by atoms with Crippen molar-refractivity contribution in [2.24, 2.45) is 0 Å². The summed E-state index contributed by atoms with van der Waals surface area (Å²) in [5, 5.41) is 0. The fourth-order valence-electron chi connectivity index (χ4n) is 1.26. The minimum absolute atomic E-state index is 0.352. The Bertz CT molecular complexity index is 602. The number of halogens is 4. The van der Waals surface area contributed by atoms with Gasteiger partial charge in [-0.2, -0.15) is 21.6 Å². The van der Waals surface area contributed by atoms with E-state index in [1.165, 1.54) is 0 Å². The fraction of sp³-hybridized carbons (Fsp3) is 0.333. The van der Waals surface area contributed by atoms with Gasteiger partial charge >= 0.3 is 16.7 Å². The quantitative estimate of drug-likeness (QED) is 0.618. The summed E-state index contributed by atoms with van der Waals surface area (Å²) >= 11 is 0. The summed E-state index contributed by atoms with van der Waals surface area (Å²) in [6, 6.07) is 0.763. The van der Waals surface area contributed by atoms with Crippen molar-refractivity contribution in [2.45, 2.75) is 6.18 Å². The van der Waals surface area contributed by atoms with Gasteiger partial charge in [-0.3, -0.25) is 9.78 Å². The molecule has 0 saturated heterocycles. The molecule has 1 aromatic rings. The van der Waals surface area contributed by atoms with E-state index in [2.05, 4.69) is 9.17 Å². The minimum atomic E-state index is -5.31. The molecule has 20 heavy (non-hydrogen) atoms.